The van der Waals surface area contributed by atoms with E-state index < -0.39 is 10.0 Å². The van der Waals surface area contributed by atoms with Crippen LogP contribution >= 0.6 is 38.6 Å². The molecule has 0 aliphatic heterocycles. The van der Waals surface area contributed by atoms with Crippen molar-refractivity contribution >= 4 is 48.6 Å². The molecule has 0 amide bonds. The Morgan fingerprint density at radius 1 is 1.15 bits per heavy atom. The summed E-state index contributed by atoms with van der Waals surface area (Å²) < 4.78 is 27.9. The first kappa shape index (κ1) is 16.1. The van der Waals surface area contributed by atoms with E-state index in [0.717, 1.165) is 20.8 Å². The predicted molar refractivity (Wildman–Crippen MR) is 87.7 cm³/mol. The molecule has 2 heterocycles. The number of sulfonamides is 1. The number of halogens is 1. The molecule has 2 N–H and O–H groups in total. The van der Waals surface area contributed by atoms with E-state index in [1.807, 2.05) is 18.4 Å². The van der Waals surface area contributed by atoms with E-state index in [4.69, 9.17) is 0 Å². The SMILES string of the molecule is CCNCc1cc(S(=O)(=O)NCc2cc(Br)cs2)cs1. The van der Waals surface area contributed by atoms with Crippen LogP contribution in [0.3, 0.4) is 0 Å². The second kappa shape index (κ2) is 7.15. The third-order valence-electron chi connectivity index (χ3n) is 2.55. The maximum Gasteiger partial charge on any atom is 0.241 e. The van der Waals surface area contributed by atoms with Gasteiger partial charge in [-0.05, 0) is 34.6 Å². The predicted octanol–water partition coefficient (Wildman–Crippen LogP) is 3.16. The smallest absolute Gasteiger partial charge is 0.241 e. The molecule has 0 unspecified atom stereocenters. The van der Waals surface area contributed by atoms with E-state index in [2.05, 4.69) is 26.0 Å². The lowest BCUT2D eigenvalue weighted by Crippen LogP contribution is -2.22. The fourth-order valence-electron chi connectivity index (χ4n) is 1.54. The van der Waals surface area contributed by atoms with Crippen molar-refractivity contribution in [1.29, 1.82) is 0 Å². The lowest BCUT2D eigenvalue weighted by molar-refractivity contribution is 0.582. The molecule has 0 aromatic carbocycles. The first-order valence-corrected chi connectivity index (χ1v) is 10.1. The summed E-state index contributed by atoms with van der Waals surface area (Å²) in [6.45, 7) is 3.91. The van der Waals surface area contributed by atoms with Crippen LogP contribution in [-0.4, -0.2) is 15.0 Å². The zero-order valence-electron chi connectivity index (χ0n) is 10.8. The molecule has 0 aliphatic rings. The van der Waals surface area contributed by atoms with E-state index in [-0.39, 0.29) is 0 Å². The number of hydrogen-bond donors (Lipinski definition) is 2. The fourth-order valence-corrected chi connectivity index (χ4v) is 5.27. The van der Waals surface area contributed by atoms with Gasteiger partial charge in [0.25, 0.3) is 0 Å². The molecule has 0 saturated carbocycles. The number of hydrogen-bond acceptors (Lipinski definition) is 5. The minimum Gasteiger partial charge on any atom is -0.312 e. The van der Waals surface area contributed by atoms with Gasteiger partial charge in [0.05, 0.1) is 4.90 Å². The maximum atomic E-state index is 12.2. The van der Waals surface area contributed by atoms with Gasteiger partial charge in [0, 0.05) is 38.1 Å². The highest BCUT2D eigenvalue weighted by molar-refractivity contribution is 9.10. The lowest BCUT2D eigenvalue weighted by Gasteiger charge is -2.03. The van der Waals surface area contributed by atoms with E-state index in [1.54, 1.807) is 11.4 Å². The van der Waals surface area contributed by atoms with Crippen LogP contribution in [0.15, 0.2) is 32.3 Å². The highest BCUT2D eigenvalue weighted by Crippen LogP contribution is 2.22. The van der Waals surface area contributed by atoms with Crippen LogP contribution in [0, 0.1) is 0 Å². The fraction of sp³-hybridized carbons (Fsp3) is 0.333. The van der Waals surface area contributed by atoms with Crippen molar-refractivity contribution in [3.8, 4) is 0 Å². The molecule has 4 nitrogen and oxygen atoms in total. The topological polar surface area (TPSA) is 58.2 Å². The van der Waals surface area contributed by atoms with Crippen LogP contribution in [-0.2, 0) is 23.1 Å². The Morgan fingerprint density at radius 2 is 1.85 bits per heavy atom. The standard InChI is InChI=1S/C12H15BrN2O2S3/c1-2-14-5-11-4-12(8-19-11)20(16,17)15-6-10-3-9(13)7-18-10/h3-4,7-8,14-15H,2,5-6H2,1H3. The van der Waals surface area contributed by atoms with Crippen LogP contribution in [0.2, 0.25) is 0 Å². The summed E-state index contributed by atoms with van der Waals surface area (Å²) in [5.74, 6) is 0. The molecule has 0 bridgehead atoms. The molecule has 110 valence electrons. The van der Waals surface area contributed by atoms with Gasteiger partial charge >= 0.3 is 0 Å². The highest BCUT2D eigenvalue weighted by atomic mass is 79.9. The molecule has 0 saturated heterocycles. The van der Waals surface area contributed by atoms with Gasteiger partial charge in [0.2, 0.25) is 10.0 Å². The first-order chi connectivity index (χ1) is 9.51. The summed E-state index contributed by atoms with van der Waals surface area (Å²) in [4.78, 5) is 2.33. The molecule has 0 spiro atoms. The maximum absolute atomic E-state index is 12.2. The monoisotopic (exact) mass is 394 g/mol. The quantitative estimate of drug-likeness (QED) is 0.757. The largest absolute Gasteiger partial charge is 0.312 e. The van der Waals surface area contributed by atoms with Gasteiger partial charge < -0.3 is 5.32 Å². The van der Waals surface area contributed by atoms with Gasteiger partial charge in [-0.25, -0.2) is 13.1 Å². The van der Waals surface area contributed by atoms with Crippen LogP contribution in [0.4, 0.5) is 0 Å². The van der Waals surface area contributed by atoms with Crippen molar-refractivity contribution in [3.63, 3.8) is 0 Å². The summed E-state index contributed by atoms with van der Waals surface area (Å²) in [5.41, 5.74) is 0. The number of rotatable bonds is 7. The number of nitrogens with one attached hydrogen (secondary N) is 2. The zero-order valence-corrected chi connectivity index (χ0v) is 14.9. The van der Waals surface area contributed by atoms with E-state index in [1.165, 1.54) is 22.7 Å². The molecule has 2 aromatic rings. The van der Waals surface area contributed by atoms with Gasteiger partial charge in [-0.3, -0.25) is 0 Å². The Kier molecular flexibility index (Phi) is 5.76. The van der Waals surface area contributed by atoms with Crippen LogP contribution < -0.4 is 10.0 Å². The summed E-state index contributed by atoms with van der Waals surface area (Å²) in [6, 6.07) is 3.64. The molecule has 0 fully saturated rings. The molecular weight excluding hydrogens is 380 g/mol. The first-order valence-electron chi connectivity index (χ1n) is 6.02. The lowest BCUT2D eigenvalue weighted by atomic mass is 10.4. The minimum atomic E-state index is -3.43. The van der Waals surface area contributed by atoms with Crippen molar-refractivity contribution in [3.05, 3.63) is 37.1 Å². The van der Waals surface area contributed by atoms with Gasteiger partial charge in [0.15, 0.2) is 0 Å². The van der Waals surface area contributed by atoms with Gasteiger partial charge in [-0.15, -0.1) is 22.7 Å². The van der Waals surface area contributed by atoms with E-state index >= 15 is 0 Å². The third kappa shape index (κ3) is 4.37. The van der Waals surface area contributed by atoms with E-state index in [9.17, 15) is 8.42 Å². The molecule has 8 heteroatoms. The Bertz CT molecular complexity index is 664. The minimum absolute atomic E-state index is 0.316. The van der Waals surface area contributed by atoms with Crippen LogP contribution in [0.1, 0.15) is 16.7 Å². The number of thiophene rings is 2. The van der Waals surface area contributed by atoms with Crippen molar-refractivity contribution in [2.75, 3.05) is 6.54 Å². The second-order valence-corrected chi connectivity index (χ2v) is 8.76. The Labute approximate surface area is 135 Å². The Hall–Kier alpha value is -0.250. The van der Waals surface area contributed by atoms with Crippen molar-refractivity contribution in [1.82, 2.24) is 10.0 Å². The molecule has 0 atom stereocenters. The summed E-state index contributed by atoms with van der Waals surface area (Å²) in [5, 5.41) is 6.79. The molecule has 2 rings (SSSR count). The zero-order chi connectivity index (χ0) is 14.6. The average molecular weight is 395 g/mol. The van der Waals surface area contributed by atoms with Crippen molar-refractivity contribution in [2.45, 2.75) is 24.9 Å². The van der Waals surface area contributed by atoms with Crippen LogP contribution in [0.5, 0.6) is 0 Å². The summed E-state index contributed by atoms with van der Waals surface area (Å²) in [6.07, 6.45) is 0. The summed E-state index contributed by atoms with van der Waals surface area (Å²) in [7, 11) is -3.43. The third-order valence-corrected chi connectivity index (χ3v) is 6.71. The van der Waals surface area contributed by atoms with E-state index in [0.29, 0.717) is 18.0 Å². The molecular formula is C12H15BrN2O2S3. The van der Waals surface area contributed by atoms with Crippen molar-refractivity contribution in [2.24, 2.45) is 0 Å². The average Bonchev–Trinajstić information content (AvgIpc) is 3.03. The molecule has 0 radical (unpaired) electrons. The van der Waals surface area contributed by atoms with Gasteiger partial charge in [0.1, 0.15) is 0 Å². The van der Waals surface area contributed by atoms with Gasteiger partial charge in [-0.2, -0.15) is 0 Å². The second-order valence-electron chi connectivity index (χ2n) is 4.08. The van der Waals surface area contributed by atoms with Gasteiger partial charge in [-0.1, -0.05) is 6.92 Å². The summed E-state index contributed by atoms with van der Waals surface area (Å²) >= 11 is 6.33. The molecule has 0 aliphatic carbocycles. The molecule has 20 heavy (non-hydrogen) atoms. The highest BCUT2D eigenvalue weighted by Gasteiger charge is 2.16. The van der Waals surface area contributed by atoms with Crippen LogP contribution in [0.25, 0.3) is 0 Å². The normalized spacial score (nSPS) is 11.9. The Balaban J connectivity index is 2.00. The Morgan fingerprint density at radius 3 is 2.50 bits per heavy atom. The van der Waals surface area contributed by atoms with Crippen molar-refractivity contribution < 1.29 is 8.42 Å². The molecule has 2 aromatic heterocycles.